The summed E-state index contributed by atoms with van der Waals surface area (Å²) < 4.78 is 43.2. The molecular weight excluding hydrogens is 542 g/mol. The summed E-state index contributed by atoms with van der Waals surface area (Å²) in [5.41, 5.74) is -0.919. The van der Waals surface area contributed by atoms with E-state index in [1.807, 2.05) is 13.1 Å². The minimum absolute atomic E-state index is 0. The monoisotopic (exact) mass is 563 g/mol. The second-order valence-corrected chi connectivity index (χ2v) is 7.16. The largest absolute Gasteiger partial charge is 0.475 e. The van der Waals surface area contributed by atoms with Gasteiger partial charge in [0.05, 0.1) is 18.7 Å². The fourth-order valence-electron chi connectivity index (χ4n) is 2.08. The van der Waals surface area contributed by atoms with E-state index in [4.69, 9.17) is 16.3 Å². The van der Waals surface area contributed by atoms with Gasteiger partial charge in [0.2, 0.25) is 5.88 Å². The zero-order valence-electron chi connectivity index (χ0n) is 15.8. The van der Waals surface area contributed by atoms with E-state index in [-0.39, 0.29) is 41.5 Å². The molecule has 29 heavy (non-hydrogen) atoms. The van der Waals surface area contributed by atoms with E-state index in [9.17, 15) is 13.2 Å². The highest BCUT2D eigenvalue weighted by Crippen LogP contribution is 2.32. The number of aromatic nitrogens is 2. The predicted molar refractivity (Wildman–Crippen MR) is 119 cm³/mol. The number of alkyl halides is 3. The van der Waals surface area contributed by atoms with Gasteiger partial charge in [-0.1, -0.05) is 18.5 Å². The van der Waals surface area contributed by atoms with Crippen molar-refractivity contribution in [2.24, 2.45) is 4.99 Å². The predicted octanol–water partition coefficient (Wildman–Crippen LogP) is 4.52. The van der Waals surface area contributed by atoms with Crippen LogP contribution in [0.3, 0.4) is 0 Å². The second-order valence-electron chi connectivity index (χ2n) is 5.55. The Hall–Kier alpha value is -1.34. The number of halogens is 5. The molecule has 0 unspecified atom stereocenters. The Kier molecular flexibility index (Phi) is 11.0. The molecule has 0 aliphatic rings. The maximum Gasteiger partial charge on any atom is 0.417 e. The summed E-state index contributed by atoms with van der Waals surface area (Å²) in [4.78, 5) is 13.6. The van der Waals surface area contributed by atoms with Crippen molar-refractivity contribution in [1.82, 2.24) is 20.6 Å². The summed E-state index contributed by atoms with van der Waals surface area (Å²) in [6.07, 6.45) is -1.01. The molecule has 2 heterocycles. The van der Waals surface area contributed by atoms with E-state index in [1.54, 1.807) is 11.3 Å². The summed E-state index contributed by atoms with van der Waals surface area (Å²) in [6.45, 7) is 5.66. The molecule has 0 aliphatic heterocycles. The Bertz CT molecular complexity index is 804. The van der Waals surface area contributed by atoms with Gasteiger partial charge in [0.1, 0.15) is 16.6 Å². The number of guanidine groups is 1. The number of pyridine rings is 1. The SMILES string of the molecule is CCNC(=NCc1ncc(CC)s1)NCCOc1ncc(C(F)(F)F)cc1Cl.I. The van der Waals surface area contributed by atoms with Gasteiger partial charge in [0.25, 0.3) is 0 Å². The number of nitrogens with zero attached hydrogens (tertiary/aromatic N) is 3. The van der Waals surface area contributed by atoms with Gasteiger partial charge in [0.15, 0.2) is 5.96 Å². The van der Waals surface area contributed by atoms with E-state index in [2.05, 4.69) is 32.5 Å². The minimum Gasteiger partial charge on any atom is -0.475 e. The van der Waals surface area contributed by atoms with Gasteiger partial charge in [0, 0.05) is 23.8 Å². The summed E-state index contributed by atoms with van der Waals surface area (Å²) in [5, 5.41) is 6.91. The van der Waals surface area contributed by atoms with Gasteiger partial charge >= 0.3 is 6.18 Å². The molecule has 0 spiro atoms. The normalized spacial score (nSPS) is 11.7. The van der Waals surface area contributed by atoms with Crippen molar-refractivity contribution < 1.29 is 17.9 Å². The molecule has 2 aromatic heterocycles. The minimum atomic E-state index is -4.50. The molecule has 0 saturated heterocycles. The molecular formula is C17H22ClF3IN5OS. The molecule has 2 aromatic rings. The van der Waals surface area contributed by atoms with Crippen LogP contribution in [0, 0.1) is 0 Å². The van der Waals surface area contributed by atoms with Gasteiger partial charge in [-0.3, -0.25) is 0 Å². The van der Waals surface area contributed by atoms with Gasteiger partial charge in [-0.05, 0) is 19.4 Å². The smallest absolute Gasteiger partial charge is 0.417 e. The Labute approximate surface area is 193 Å². The lowest BCUT2D eigenvalue weighted by Gasteiger charge is -2.13. The van der Waals surface area contributed by atoms with Crippen molar-refractivity contribution in [2.75, 3.05) is 19.7 Å². The van der Waals surface area contributed by atoms with Crippen LogP contribution in [-0.4, -0.2) is 35.6 Å². The standard InChI is InChI=1S/C17H21ClF3N5OS.HI/c1-3-12-9-24-14(28-12)10-26-16(22-4-2)23-5-6-27-15-13(18)7-11(8-25-15)17(19,20)21;/h7-9H,3-6,10H2,1-2H3,(H2,22,23,26);1H. The lowest BCUT2D eigenvalue weighted by Crippen LogP contribution is -2.39. The van der Waals surface area contributed by atoms with E-state index in [1.165, 1.54) is 4.88 Å². The molecule has 2 N–H and O–H groups in total. The first kappa shape index (κ1) is 25.7. The number of aliphatic imine (C=N–C) groups is 1. The van der Waals surface area contributed by atoms with Crippen LogP contribution < -0.4 is 15.4 Å². The molecule has 6 nitrogen and oxygen atoms in total. The first-order chi connectivity index (χ1) is 13.3. The van der Waals surface area contributed by atoms with Crippen molar-refractivity contribution in [2.45, 2.75) is 33.0 Å². The third-order valence-corrected chi connectivity index (χ3v) is 4.83. The van der Waals surface area contributed by atoms with E-state index in [0.29, 0.717) is 31.8 Å². The van der Waals surface area contributed by atoms with Crippen LogP contribution >= 0.6 is 46.9 Å². The molecule has 12 heteroatoms. The van der Waals surface area contributed by atoms with Crippen LogP contribution in [0.5, 0.6) is 5.88 Å². The molecule has 0 amide bonds. The van der Waals surface area contributed by atoms with Crippen LogP contribution in [-0.2, 0) is 19.1 Å². The van der Waals surface area contributed by atoms with Crippen molar-refractivity contribution in [3.05, 3.63) is 38.9 Å². The van der Waals surface area contributed by atoms with Crippen molar-refractivity contribution in [3.63, 3.8) is 0 Å². The number of ether oxygens (including phenoxy) is 1. The van der Waals surface area contributed by atoms with Gasteiger partial charge in [-0.15, -0.1) is 35.3 Å². The third kappa shape index (κ3) is 8.51. The van der Waals surface area contributed by atoms with Gasteiger partial charge in [-0.25, -0.2) is 15.0 Å². The van der Waals surface area contributed by atoms with Crippen LogP contribution in [0.25, 0.3) is 0 Å². The molecule has 0 atom stereocenters. The topological polar surface area (TPSA) is 71.4 Å². The first-order valence-electron chi connectivity index (χ1n) is 8.64. The zero-order chi connectivity index (χ0) is 20.6. The molecule has 0 aliphatic carbocycles. The van der Waals surface area contributed by atoms with Crippen LogP contribution in [0.1, 0.15) is 29.3 Å². The molecule has 0 bridgehead atoms. The molecule has 0 aromatic carbocycles. The number of thiazole rings is 1. The highest BCUT2D eigenvalue weighted by Gasteiger charge is 2.31. The first-order valence-corrected chi connectivity index (χ1v) is 9.84. The number of hydrogen-bond acceptors (Lipinski definition) is 5. The van der Waals surface area contributed by atoms with Gasteiger partial charge < -0.3 is 15.4 Å². The number of aryl methyl sites for hydroxylation is 1. The quantitative estimate of drug-likeness (QED) is 0.214. The third-order valence-electron chi connectivity index (χ3n) is 3.43. The lowest BCUT2D eigenvalue weighted by molar-refractivity contribution is -0.137. The van der Waals surface area contributed by atoms with Crippen molar-refractivity contribution in [1.29, 1.82) is 0 Å². The summed E-state index contributed by atoms with van der Waals surface area (Å²) in [5.74, 6) is 0.541. The maximum atomic E-state index is 12.6. The van der Waals surface area contributed by atoms with Crippen LogP contribution in [0.15, 0.2) is 23.5 Å². The Morgan fingerprint density at radius 2 is 2.00 bits per heavy atom. The van der Waals surface area contributed by atoms with Crippen molar-refractivity contribution in [3.8, 4) is 5.88 Å². The molecule has 0 radical (unpaired) electrons. The fourth-order valence-corrected chi connectivity index (χ4v) is 3.08. The lowest BCUT2D eigenvalue weighted by atomic mass is 10.3. The highest BCUT2D eigenvalue weighted by atomic mass is 127. The Morgan fingerprint density at radius 3 is 2.59 bits per heavy atom. The summed E-state index contributed by atoms with van der Waals surface area (Å²) in [6, 6.07) is 0.793. The average molecular weight is 564 g/mol. The number of rotatable bonds is 8. The molecule has 2 rings (SSSR count). The van der Waals surface area contributed by atoms with E-state index in [0.717, 1.165) is 17.5 Å². The number of nitrogens with one attached hydrogen (secondary N) is 2. The Balaban J connectivity index is 0.00000420. The zero-order valence-corrected chi connectivity index (χ0v) is 19.7. The molecule has 162 valence electrons. The molecule has 0 saturated carbocycles. The molecule has 0 fully saturated rings. The summed E-state index contributed by atoms with van der Waals surface area (Å²) in [7, 11) is 0. The van der Waals surface area contributed by atoms with Gasteiger partial charge in [-0.2, -0.15) is 13.2 Å². The number of hydrogen-bond donors (Lipinski definition) is 2. The average Bonchev–Trinajstić information content (AvgIpc) is 3.11. The fraction of sp³-hybridized carbons (Fsp3) is 0.471. The van der Waals surface area contributed by atoms with Crippen LogP contribution in [0.2, 0.25) is 5.02 Å². The van der Waals surface area contributed by atoms with E-state index < -0.39 is 11.7 Å². The van der Waals surface area contributed by atoms with Crippen LogP contribution in [0.4, 0.5) is 13.2 Å². The van der Waals surface area contributed by atoms with Crippen molar-refractivity contribution >= 4 is 52.9 Å². The summed E-state index contributed by atoms with van der Waals surface area (Å²) >= 11 is 7.43. The second kappa shape index (κ2) is 12.4. The highest BCUT2D eigenvalue weighted by molar-refractivity contribution is 14.0. The maximum absolute atomic E-state index is 12.6. The van der Waals surface area contributed by atoms with E-state index >= 15 is 0 Å². The Morgan fingerprint density at radius 1 is 1.24 bits per heavy atom.